The van der Waals surface area contributed by atoms with Crippen LogP contribution in [0.25, 0.3) is 0 Å². The lowest BCUT2D eigenvalue weighted by Gasteiger charge is -2.22. The molecule has 1 heterocycles. The molecule has 0 unspecified atom stereocenters. The number of halogens is 1. The van der Waals surface area contributed by atoms with E-state index in [0.29, 0.717) is 6.10 Å². The third-order valence-electron chi connectivity index (χ3n) is 2.54. The van der Waals surface area contributed by atoms with E-state index in [1.165, 1.54) is 0 Å². The highest BCUT2D eigenvalue weighted by Gasteiger charge is 2.37. The molecule has 1 rings (SSSR count). The number of alkyl halides is 1. The summed E-state index contributed by atoms with van der Waals surface area (Å²) in [6.45, 7) is 3.14. The Morgan fingerprint density at radius 2 is 2.45 bits per heavy atom. The van der Waals surface area contributed by atoms with Gasteiger partial charge in [0.25, 0.3) is 0 Å². The van der Waals surface area contributed by atoms with Crippen molar-refractivity contribution in [1.82, 2.24) is 0 Å². The van der Waals surface area contributed by atoms with Crippen molar-refractivity contribution in [3.63, 3.8) is 0 Å². The lowest BCUT2D eigenvalue weighted by Crippen LogP contribution is -2.25. The van der Waals surface area contributed by atoms with Crippen molar-refractivity contribution in [3.8, 4) is 0 Å². The molecule has 3 heteroatoms. The first-order chi connectivity index (χ1) is 5.26. The summed E-state index contributed by atoms with van der Waals surface area (Å²) >= 11 is 2.33. The van der Waals surface area contributed by atoms with E-state index in [1.807, 2.05) is 0 Å². The first-order valence-corrected chi connectivity index (χ1v) is 5.57. The molecule has 1 aliphatic rings. The Hall–Kier alpha value is 0.650. The van der Waals surface area contributed by atoms with Crippen molar-refractivity contribution >= 4 is 22.6 Å². The monoisotopic (exact) mass is 270 g/mol. The zero-order valence-electron chi connectivity index (χ0n) is 6.85. The Bertz CT molecular complexity index is 123. The molecule has 0 bridgehead atoms. The van der Waals surface area contributed by atoms with E-state index in [2.05, 4.69) is 29.5 Å². The summed E-state index contributed by atoms with van der Waals surface area (Å²) in [4.78, 5) is 0. The average molecular weight is 270 g/mol. The Balaban J connectivity index is 2.48. The summed E-state index contributed by atoms with van der Waals surface area (Å²) < 4.78 is 6.57. The topological polar surface area (TPSA) is 29.5 Å². The van der Waals surface area contributed by atoms with Crippen LogP contribution in [0.3, 0.4) is 0 Å². The van der Waals surface area contributed by atoms with Crippen LogP contribution in [0.2, 0.25) is 0 Å². The van der Waals surface area contributed by atoms with Crippen LogP contribution in [-0.4, -0.2) is 28.9 Å². The first-order valence-electron chi connectivity index (χ1n) is 4.05. The van der Waals surface area contributed by atoms with Gasteiger partial charge in [-0.3, -0.25) is 0 Å². The second-order valence-electron chi connectivity index (χ2n) is 3.30. The number of rotatable bonds is 3. The lowest BCUT2D eigenvalue weighted by molar-refractivity contribution is 0.0770. The Morgan fingerprint density at radius 1 is 1.73 bits per heavy atom. The van der Waals surface area contributed by atoms with Gasteiger partial charge in [0, 0.05) is 9.84 Å². The molecule has 1 aliphatic heterocycles. The second-order valence-corrected chi connectivity index (χ2v) is 4.18. The molecule has 0 spiro atoms. The average Bonchev–Trinajstić information content (AvgIpc) is 2.49. The van der Waals surface area contributed by atoms with Gasteiger partial charge in [0.05, 0.1) is 19.3 Å². The van der Waals surface area contributed by atoms with Gasteiger partial charge >= 0.3 is 0 Å². The first kappa shape index (κ1) is 9.74. The molecule has 1 N–H and O–H groups in total. The van der Waals surface area contributed by atoms with Crippen LogP contribution in [0.1, 0.15) is 19.8 Å². The standard InChI is InChI=1S/C8H15IO2/c1-2-8(5-10)3-7(4-9)11-6-8/h7,10H,2-6H2,1H3/t7-,8+/m1/s1. The predicted molar refractivity (Wildman–Crippen MR) is 53.1 cm³/mol. The summed E-state index contributed by atoms with van der Waals surface area (Å²) in [7, 11) is 0. The molecule has 2 atom stereocenters. The lowest BCUT2D eigenvalue weighted by atomic mass is 9.84. The third kappa shape index (κ3) is 2.06. The van der Waals surface area contributed by atoms with E-state index in [0.717, 1.165) is 23.9 Å². The van der Waals surface area contributed by atoms with Crippen LogP contribution >= 0.6 is 22.6 Å². The van der Waals surface area contributed by atoms with Gasteiger partial charge in [-0.1, -0.05) is 29.5 Å². The molecule has 0 aromatic heterocycles. The summed E-state index contributed by atoms with van der Waals surface area (Å²) in [5.74, 6) is 0. The van der Waals surface area contributed by atoms with Crippen LogP contribution in [0.4, 0.5) is 0 Å². The highest BCUT2D eigenvalue weighted by atomic mass is 127. The van der Waals surface area contributed by atoms with E-state index < -0.39 is 0 Å². The fourth-order valence-electron chi connectivity index (χ4n) is 1.46. The largest absolute Gasteiger partial charge is 0.396 e. The molecule has 1 saturated heterocycles. The van der Waals surface area contributed by atoms with Crippen molar-refractivity contribution < 1.29 is 9.84 Å². The zero-order valence-corrected chi connectivity index (χ0v) is 9.00. The number of hydrogen-bond acceptors (Lipinski definition) is 2. The van der Waals surface area contributed by atoms with Crippen molar-refractivity contribution in [3.05, 3.63) is 0 Å². The van der Waals surface area contributed by atoms with Crippen molar-refractivity contribution in [1.29, 1.82) is 0 Å². The summed E-state index contributed by atoms with van der Waals surface area (Å²) in [6.07, 6.45) is 2.43. The minimum Gasteiger partial charge on any atom is -0.396 e. The molecule has 0 amide bonds. The molecular formula is C8H15IO2. The highest BCUT2D eigenvalue weighted by molar-refractivity contribution is 14.1. The Morgan fingerprint density at radius 3 is 2.73 bits per heavy atom. The van der Waals surface area contributed by atoms with Gasteiger partial charge in [0.15, 0.2) is 0 Å². The number of aliphatic hydroxyl groups excluding tert-OH is 1. The van der Waals surface area contributed by atoms with Gasteiger partial charge in [-0.15, -0.1) is 0 Å². The van der Waals surface area contributed by atoms with Gasteiger partial charge in [-0.25, -0.2) is 0 Å². The number of hydrogen-bond donors (Lipinski definition) is 1. The molecule has 2 nitrogen and oxygen atoms in total. The number of aliphatic hydroxyl groups is 1. The Labute approximate surface area is 81.5 Å². The van der Waals surface area contributed by atoms with Gasteiger partial charge in [-0.05, 0) is 12.8 Å². The van der Waals surface area contributed by atoms with Gasteiger partial charge in [-0.2, -0.15) is 0 Å². The fraction of sp³-hybridized carbons (Fsp3) is 1.00. The van der Waals surface area contributed by atoms with Gasteiger partial charge in [0.1, 0.15) is 0 Å². The quantitative estimate of drug-likeness (QED) is 0.623. The molecule has 0 aromatic rings. The van der Waals surface area contributed by atoms with Gasteiger partial charge < -0.3 is 9.84 Å². The van der Waals surface area contributed by atoms with E-state index in [-0.39, 0.29) is 12.0 Å². The smallest absolute Gasteiger partial charge is 0.0671 e. The normalized spacial score (nSPS) is 37.9. The molecule has 1 fully saturated rings. The number of ether oxygens (including phenoxy) is 1. The highest BCUT2D eigenvalue weighted by Crippen LogP contribution is 2.35. The minimum atomic E-state index is 0.0792. The van der Waals surface area contributed by atoms with Crippen molar-refractivity contribution in [2.45, 2.75) is 25.9 Å². The van der Waals surface area contributed by atoms with Crippen molar-refractivity contribution in [2.24, 2.45) is 5.41 Å². The van der Waals surface area contributed by atoms with Crippen molar-refractivity contribution in [2.75, 3.05) is 17.6 Å². The van der Waals surface area contributed by atoms with E-state index >= 15 is 0 Å². The van der Waals surface area contributed by atoms with E-state index in [4.69, 9.17) is 9.84 Å². The van der Waals surface area contributed by atoms with Crippen LogP contribution < -0.4 is 0 Å². The molecule has 66 valence electrons. The summed E-state index contributed by atoms with van der Waals surface area (Å²) in [5, 5.41) is 9.15. The fourth-order valence-corrected chi connectivity index (χ4v) is 2.03. The molecule has 0 saturated carbocycles. The third-order valence-corrected chi connectivity index (χ3v) is 3.53. The van der Waals surface area contributed by atoms with Crippen LogP contribution in [0.15, 0.2) is 0 Å². The molecule has 11 heavy (non-hydrogen) atoms. The second kappa shape index (κ2) is 4.05. The minimum absolute atomic E-state index is 0.0792. The Kier molecular flexibility index (Phi) is 3.58. The van der Waals surface area contributed by atoms with Crippen LogP contribution in [0.5, 0.6) is 0 Å². The maximum atomic E-state index is 9.15. The van der Waals surface area contributed by atoms with E-state index in [9.17, 15) is 0 Å². The van der Waals surface area contributed by atoms with Crippen LogP contribution in [0, 0.1) is 5.41 Å². The molecular weight excluding hydrogens is 255 g/mol. The predicted octanol–water partition coefficient (Wildman–Crippen LogP) is 1.60. The van der Waals surface area contributed by atoms with Gasteiger partial charge in [0.2, 0.25) is 0 Å². The summed E-state index contributed by atoms with van der Waals surface area (Å²) in [5.41, 5.74) is 0.0792. The molecule has 0 radical (unpaired) electrons. The molecule has 0 aromatic carbocycles. The van der Waals surface area contributed by atoms with E-state index in [1.54, 1.807) is 0 Å². The molecule has 0 aliphatic carbocycles. The summed E-state index contributed by atoms with van der Waals surface area (Å²) in [6, 6.07) is 0. The SMILES string of the molecule is CC[C@]1(CO)CO[C@@H](CI)C1. The maximum absolute atomic E-state index is 9.15. The van der Waals surface area contributed by atoms with Crippen LogP contribution in [-0.2, 0) is 4.74 Å². The maximum Gasteiger partial charge on any atom is 0.0671 e. The zero-order chi connectivity index (χ0) is 8.32.